The Morgan fingerprint density at radius 2 is 1.96 bits per heavy atom. The van der Waals surface area contributed by atoms with E-state index < -0.39 is 9.84 Å². The number of carbonyl (C=O) groups is 1. The summed E-state index contributed by atoms with van der Waals surface area (Å²) in [6.45, 7) is 0. The van der Waals surface area contributed by atoms with Crippen molar-refractivity contribution in [2.24, 2.45) is 0 Å². The minimum Gasteiger partial charge on any atom is -0.378 e. The molecule has 0 aliphatic carbocycles. The topological polar surface area (TPSA) is 57.7 Å². The monoisotopic (exact) mass is 382 g/mol. The van der Waals surface area contributed by atoms with Crippen molar-refractivity contribution in [1.82, 2.24) is 4.90 Å². The predicted octanol–water partition coefficient (Wildman–Crippen LogP) is 2.14. The third-order valence-corrected chi connectivity index (χ3v) is 7.19. The average molecular weight is 383 g/mol. The molecule has 2 fully saturated rings. The van der Waals surface area contributed by atoms with Crippen molar-refractivity contribution in [3.8, 4) is 0 Å². The summed E-state index contributed by atoms with van der Waals surface area (Å²) in [4.78, 5) is 16.7. The summed E-state index contributed by atoms with van der Waals surface area (Å²) in [7, 11) is 0.880. The minimum atomic E-state index is -3.06. The van der Waals surface area contributed by atoms with Gasteiger partial charge in [0.15, 0.2) is 9.84 Å². The Kier molecular flexibility index (Phi) is 4.72. The molecule has 3 rings (SSSR count). The molecule has 0 unspecified atom stereocenters. The Morgan fingerprint density at radius 1 is 1.29 bits per heavy atom. The second-order valence-electron chi connectivity index (χ2n) is 6.09. The maximum Gasteiger partial charge on any atom is 0.266 e. The smallest absolute Gasteiger partial charge is 0.266 e. The SMILES string of the molecule is CN(C)c1ccc(/C=C2\SC(=S)N([C@H]3CCS(=O)(=O)C3)C2=O)cc1. The summed E-state index contributed by atoms with van der Waals surface area (Å²) in [5.74, 6) is -0.0619. The molecule has 2 heterocycles. The molecule has 5 nitrogen and oxygen atoms in total. The molecule has 1 aromatic carbocycles. The van der Waals surface area contributed by atoms with Crippen molar-refractivity contribution in [1.29, 1.82) is 0 Å². The van der Waals surface area contributed by atoms with Gasteiger partial charge >= 0.3 is 0 Å². The first-order valence-corrected chi connectivity index (χ1v) is 10.6. The standard InChI is InChI=1S/C16H18N2O3S3/c1-17(2)12-5-3-11(4-6-12)9-14-15(19)18(16(22)23-14)13-7-8-24(20,21)10-13/h3-6,9,13H,7-8,10H2,1-2H3/b14-9-/t13-/m0/s1. The molecule has 0 bridgehead atoms. The van der Waals surface area contributed by atoms with E-state index in [1.165, 1.54) is 16.7 Å². The number of benzene rings is 1. The zero-order chi connectivity index (χ0) is 17.5. The lowest BCUT2D eigenvalue weighted by atomic mass is 10.1. The predicted molar refractivity (Wildman–Crippen MR) is 103 cm³/mol. The summed E-state index contributed by atoms with van der Waals surface area (Å²) in [6.07, 6.45) is 2.27. The maximum absolute atomic E-state index is 12.6. The zero-order valence-electron chi connectivity index (χ0n) is 13.4. The van der Waals surface area contributed by atoms with Gasteiger partial charge in [-0.05, 0) is 30.2 Å². The third-order valence-electron chi connectivity index (χ3n) is 4.10. The second-order valence-corrected chi connectivity index (χ2v) is 10.00. The lowest BCUT2D eigenvalue weighted by Crippen LogP contribution is -2.39. The minimum absolute atomic E-state index is 0.00422. The molecule has 1 aromatic rings. The van der Waals surface area contributed by atoms with E-state index in [1.807, 2.05) is 49.3 Å². The highest BCUT2D eigenvalue weighted by Gasteiger charge is 2.42. The molecular weight excluding hydrogens is 364 g/mol. The number of nitrogens with zero attached hydrogens (tertiary/aromatic N) is 2. The van der Waals surface area contributed by atoms with Crippen molar-refractivity contribution in [3.63, 3.8) is 0 Å². The molecule has 1 amide bonds. The van der Waals surface area contributed by atoms with Gasteiger partial charge < -0.3 is 4.90 Å². The fraction of sp³-hybridized carbons (Fsp3) is 0.375. The summed E-state index contributed by atoms with van der Waals surface area (Å²) in [6, 6.07) is 7.53. The van der Waals surface area contributed by atoms with Crippen molar-refractivity contribution in [3.05, 3.63) is 34.7 Å². The molecule has 0 saturated carbocycles. The van der Waals surface area contributed by atoms with Gasteiger partial charge in [-0.3, -0.25) is 9.69 Å². The van der Waals surface area contributed by atoms with Gasteiger partial charge in [-0.2, -0.15) is 0 Å². The molecule has 2 aliphatic heterocycles. The Balaban J connectivity index is 1.81. The molecule has 2 aliphatic rings. The Hall–Kier alpha value is -1.38. The van der Waals surface area contributed by atoms with Crippen LogP contribution in [0.15, 0.2) is 29.2 Å². The molecule has 0 N–H and O–H groups in total. The number of carbonyl (C=O) groups excluding carboxylic acids is 1. The molecule has 24 heavy (non-hydrogen) atoms. The molecule has 0 aromatic heterocycles. The van der Waals surface area contributed by atoms with E-state index in [0.29, 0.717) is 15.6 Å². The van der Waals surface area contributed by atoms with Crippen LogP contribution in [0.4, 0.5) is 5.69 Å². The van der Waals surface area contributed by atoms with Crippen LogP contribution in [0.1, 0.15) is 12.0 Å². The Labute approximate surface area is 151 Å². The lowest BCUT2D eigenvalue weighted by molar-refractivity contribution is -0.123. The third kappa shape index (κ3) is 3.50. The van der Waals surface area contributed by atoms with E-state index in [-0.39, 0.29) is 23.5 Å². The average Bonchev–Trinajstić information content (AvgIpc) is 2.99. The fourth-order valence-corrected chi connectivity index (χ4v) is 5.89. The maximum atomic E-state index is 12.6. The summed E-state index contributed by atoms with van der Waals surface area (Å²) < 4.78 is 23.8. The largest absolute Gasteiger partial charge is 0.378 e. The lowest BCUT2D eigenvalue weighted by Gasteiger charge is -2.20. The first-order valence-electron chi connectivity index (χ1n) is 7.52. The molecule has 1 atom stereocenters. The van der Waals surface area contributed by atoms with Gasteiger partial charge in [-0.25, -0.2) is 8.42 Å². The quantitative estimate of drug-likeness (QED) is 0.590. The van der Waals surface area contributed by atoms with Crippen LogP contribution in [0.25, 0.3) is 6.08 Å². The van der Waals surface area contributed by atoms with E-state index in [4.69, 9.17) is 12.2 Å². The van der Waals surface area contributed by atoms with E-state index >= 15 is 0 Å². The van der Waals surface area contributed by atoms with E-state index in [0.717, 1.165) is 11.3 Å². The Morgan fingerprint density at radius 3 is 2.50 bits per heavy atom. The van der Waals surface area contributed by atoms with Gasteiger partial charge in [0.2, 0.25) is 0 Å². The first kappa shape index (κ1) is 17.4. The number of anilines is 1. The first-order chi connectivity index (χ1) is 11.3. The van der Waals surface area contributed by atoms with Gasteiger partial charge in [0.1, 0.15) is 4.32 Å². The molecule has 128 valence electrons. The van der Waals surface area contributed by atoms with Crippen LogP contribution >= 0.6 is 24.0 Å². The van der Waals surface area contributed by atoms with Crippen molar-refractivity contribution < 1.29 is 13.2 Å². The number of hydrogen-bond donors (Lipinski definition) is 0. The number of rotatable bonds is 3. The second kappa shape index (κ2) is 6.50. The number of sulfone groups is 1. The van der Waals surface area contributed by atoms with Crippen LogP contribution in [0.3, 0.4) is 0 Å². The number of thioether (sulfide) groups is 1. The van der Waals surface area contributed by atoms with Crippen LogP contribution in [0.2, 0.25) is 0 Å². The van der Waals surface area contributed by atoms with Gasteiger partial charge in [0.05, 0.1) is 22.5 Å². The van der Waals surface area contributed by atoms with Crippen LogP contribution in [0.5, 0.6) is 0 Å². The summed E-state index contributed by atoms with van der Waals surface area (Å²) >= 11 is 6.54. The molecule has 8 heteroatoms. The highest BCUT2D eigenvalue weighted by atomic mass is 32.2. The number of thiocarbonyl (C=S) groups is 1. The van der Waals surface area contributed by atoms with Crippen molar-refractivity contribution in [2.75, 3.05) is 30.5 Å². The molecular formula is C16H18N2O3S3. The van der Waals surface area contributed by atoms with Crippen LogP contribution in [0, 0.1) is 0 Å². The number of hydrogen-bond acceptors (Lipinski definition) is 6. The summed E-state index contributed by atoms with van der Waals surface area (Å²) in [5.41, 5.74) is 2.00. The van der Waals surface area contributed by atoms with Gasteiger partial charge in [-0.15, -0.1) is 0 Å². The van der Waals surface area contributed by atoms with E-state index in [1.54, 1.807) is 0 Å². The van der Waals surface area contributed by atoms with Crippen molar-refractivity contribution in [2.45, 2.75) is 12.5 Å². The van der Waals surface area contributed by atoms with E-state index in [9.17, 15) is 13.2 Å². The number of amides is 1. The van der Waals surface area contributed by atoms with Crippen LogP contribution < -0.4 is 4.90 Å². The normalized spacial score (nSPS) is 24.8. The summed E-state index contributed by atoms with van der Waals surface area (Å²) in [5, 5.41) is 0. The highest BCUT2D eigenvalue weighted by Crippen LogP contribution is 2.36. The van der Waals surface area contributed by atoms with Gasteiger partial charge in [0, 0.05) is 19.8 Å². The molecule has 0 radical (unpaired) electrons. The van der Waals surface area contributed by atoms with Gasteiger partial charge in [0.25, 0.3) is 5.91 Å². The van der Waals surface area contributed by atoms with Gasteiger partial charge in [-0.1, -0.05) is 36.1 Å². The van der Waals surface area contributed by atoms with E-state index in [2.05, 4.69) is 0 Å². The fourth-order valence-electron chi connectivity index (χ4n) is 2.79. The Bertz CT molecular complexity index is 813. The highest BCUT2D eigenvalue weighted by molar-refractivity contribution is 8.26. The zero-order valence-corrected chi connectivity index (χ0v) is 15.9. The molecule has 0 spiro atoms. The van der Waals surface area contributed by atoms with Crippen LogP contribution in [-0.2, 0) is 14.6 Å². The van der Waals surface area contributed by atoms with Crippen LogP contribution in [-0.4, -0.2) is 55.2 Å². The molecule has 2 saturated heterocycles. The van der Waals surface area contributed by atoms with Crippen molar-refractivity contribution >= 4 is 55.8 Å².